The molecule has 0 aromatic carbocycles. The fourth-order valence-corrected chi connectivity index (χ4v) is 5.94. The van der Waals surface area contributed by atoms with E-state index in [4.69, 9.17) is 9.47 Å². The second-order valence-corrected chi connectivity index (χ2v) is 9.72. The van der Waals surface area contributed by atoms with Crippen molar-refractivity contribution in [2.75, 3.05) is 26.8 Å². The molecule has 0 spiro atoms. The van der Waals surface area contributed by atoms with Crippen molar-refractivity contribution in [1.82, 2.24) is 15.1 Å². The number of hydrogen-bond acceptors (Lipinski definition) is 5. The lowest BCUT2D eigenvalue weighted by molar-refractivity contribution is -0.153. The van der Waals surface area contributed by atoms with Gasteiger partial charge in [0.1, 0.15) is 5.60 Å². The van der Waals surface area contributed by atoms with Crippen LogP contribution in [0.5, 0.6) is 0 Å². The number of fused-ring (bicyclic) bond motifs is 2. The molecule has 2 bridgehead atoms. The molecule has 1 N–H and O–H groups in total. The molecule has 3 saturated heterocycles. The summed E-state index contributed by atoms with van der Waals surface area (Å²) in [6.45, 7) is 6.19. The minimum absolute atomic E-state index is 0.0428. The molecule has 7 nitrogen and oxygen atoms in total. The average molecular weight is 408 g/mol. The maximum Gasteiger partial charge on any atom is 0.410 e. The van der Waals surface area contributed by atoms with E-state index in [9.17, 15) is 9.59 Å². The van der Waals surface area contributed by atoms with Gasteiger partial charge in [-0.15, -0.1) is 0 Å². The zero-order valence-corrected chi connectivity index (χ0v) is 18.2. The number of carbonyl (C=O) groups excluding carboxylic acids is 2. The molecule has 0 radical (unpaired) electrons. The number of piperidine rings is 2. The third-order valence-electron chi connectivity index (χ3n) is 7.99. The van der Waals surface area contributed by atoms with Crippen LogP contribution in [-0.4, -0.2) is 77.9 Å². The van der Waals surface area contributed by atoms with Crippen molar-refractivity contribution in [2.24, 2.45) is 0 Å². The highest BCUT2D eigenvalue weighted by molar-refractivity contribution is 5.86. The van der Waals surface area contributed by atoms with E-state index >= 15 is 0 Å². The highest BCUT2D eigenvalue weighted by Crippen LogP contribution is 2.40. The van der Waals surface area contributed by atoms with Gasteiger partial charge >= 0.3 is 6.09 Å². The summed E-state index contributed by atoms with van der Waals surface area (Å²) in [4.78, 5) is 29.9. The first-order valence-electron chi connectivity index (χ1n) is 11.5. The summed E-state index contributed by atoms with van der Waals surface area (Å²) in [5.74, 6) is 0.0686. The number of rotatable bonds is 5. The van der Waals surface area contributed by atoms with Crippen LogP contribution in [0.15, 0.2) is 0 Å². The standard InChI is InChI=1S/C22H37N3O4/c1-4-29-20(27)25-16-6-7-17(25)15-18(14-16)24-12-10-22(28-3,11-13-24)19(26)23-21(2)8-5-9-21/h16-18H,4-15H2,1-3H3,(H,23,26)/t16-,17?,18?/m1/s1. The van der Waals surface area contributed by atoms with Gasteiger partial charge in [0.15, 0.2) is 0 Å². The van der Waals surface area contributed by atoms with Crippen molar-refractivity contribution < 1.29 is 19.1 Å². The van der Waals surface area contributed by atoms with Crippen LogP contribution in [0.2, 0.25) is 0 Å². The quantitative estimate of drug-likeness (QED) is 0.759. The summed E-state index contributed by atoms with van der Waals surface area (Å²) in [6.07, 6.45) is 8.83. The van der Waals surface area contributed by atoms with Gasteiger partial charge in [0, 0.05) is 43.9 Å². The van der Waals surface area contributed by atoms with E-state index in [1.165, 1.54) is 6.42 Å². The van der Waals surface area contributed by atoms with E-state index in [0.717, 1.165) is 64.5 Å². The molecule has 0 aromatic rings. The lowest BCUT2D eigenvalue weighted by Gasteiger charge is -2.48. The van der Waals surface area contributed by atoms with Crippen molar-refractivity contribution in [3.63, 3.8) is 0 Å². The Morgan fingerprint density at radius 3 is 2.14 bits per heavy atom. The van der Waals surface area contributed by atoms with Gasteiger partial charge in [-0.1, -0.05) is 0 Å². The number of likely N-dealkylation sites (tertiary alicyclic amines) is 1. The van der Waals surface area contributed by atoms with Gasteiger partial charge in [-0.05, 0) is 71.6 Å². The molecule has 3 aliphatic heterocycles. The molecule has 164 valence electrons. The van der Waals surface area contributed by atoms with Gasteiger partial charge in [-0.3, -0.25) is 9.69 Å². The van der Waals surface area contributed by atoms with Gasteiger partial charge in [0.2, 0.25) is 0 Å². The molecule has 4 fully saturated rings. The predicted octanol–water partition coefficient (Wildman–Crippen LogP) is 2.68. The number of carbonyl (C=O) groups is 2. The van der Waals surface area contributed by atoms with E-state index in [2.05, 4.69) is 17.1 Å². The molecule has 3 atom stereocenters. The molecule has 1 saturated carbocycles. The fourth-order valence-electron chi connectivity index (χ4n) is 5.94. The Balaban J connectivity index is 1.34. The van der Waals surface area contributed by atoms with Crippen molar-refractivity contribution in [3.8, 4) is 0 Å². The van der Waals surface area contributed by atoms with E-state index in [1.54, 1.807) is 7.11 Å². The third kappa shape index (κ3) is 3.88. The summed E-state index contributed by atoms with van der Waals surface area (Å²) in [5, 5.41) is 3.26. The Kier molecular flexibility index (Phi) is 5.81. The molecule has 4 aliphatic rings. The summed E-state index contributed by atoms with van der Waals surface area (Å²) in [6, 6.07) is 1.09. The normalized spacial score (nSPS) is 33.1. The first-order valence-corrected chi connectivity index (χ1v) is 11.5. The van der Waals surface area contributed by atoms with E-state index in [0.29, 0.717) is 24.7 Å². The van der Waals surface area contributed by atoms with Crippen LogP contribution in [-0.2, 0) is 14.3 Å². The van der Waals surface area contributed by atoms with Crippen LogP contribution >= 0.6 is 0 Å². The predicted molar refractivity (Wildman–Crippen MR) is 110 cm³/mol. The van der Waals surface area contributed by atoms with Crippen LogP contribution in [0.25, 0.3) is 0 Å². The molecule has 7 heteroatoms. The van der Waals surface area contributed by atoms with Crippen LogP contribution in [0.4, 0.5) is 4.79 Å². The van der Waals surface area contributed by atoms with E-state index < -0.39 is 5.60 Å². The highest BCUT2D eigenvalue weighted by Gasteiger charge is 2.49. The van der Waals surface area contributed by atoms with Crippen molar-refractivity contribution in [1.29, 1.82) is 0 Å². The van der Waals surface area contributed by atoms with Gasteiger partial charge < -0.3 is 19.7 Å². The number of amides is 2. The number of hydrogen-bond donors (Lipinski definition) is 1. The van der Waals surface area contributed by atoms with Crippen molar-refractivity contribution >= 4 is 12.0 Å². The Bertz CT molecular complexity index is 614. The minimum Gasteiger partial charge on any atom is -0.450 e. The Morgan fingerprint density at radius 1 is 1.03 bits per heavy atom. The van der Waals surface area contributed by atoms with Gasteiger partial charge in [0.05, 0.1) is 6.61 Å². The first-order chi connectivity index (χ1) is 13.9. The maximum absolute atomic E-state index is 13.0. The smallest absolute Gasteiger partial charge is 0.410 e. The SMILES string of the molecule is CCOC(=O)N1C2CC[C@@H]1CC(N1CCC(OC)(C(=O)NC3(C)CCC3)CC1)C2. The molecular formula is C22H37N3O4. The van der Waals surface area contributed by atoms with Gasteiger partial charge in [-0.2, -0.15) is 0 Å². The first kappa shape index (κ1) is 20.9. The van der Waals surface area contributed by atoms with E-state index in [1.807, 2.05) is 11.8 Å². The van der Waals surface area contributed by atoms with Crippen LogP contribution in [0.3, 0.4) is 0 Å². The minimum atomic E-state index is -0.695. The highest BCUT2D eigenvalue weighted by atomic mass is 16.6. The lowest BCUT2D eigenvalue weighted by Crippen LogP contribution is -2.62. The number of nitrogens with one attached hydrogen (secondary N) is 1. The summed E-state index contributed by atoms with van der Waals surface area (Å²) in [7, 11) is 1.68. The topological polar surface area (TPSA) is 71.1 Å². The maximum atomic E-state index is 13.0. The molecule has 1 aliphatic carbocycles. The molecule has 4 rings (SSSR count). The Morgan fingerprint density at radius 2 is 1.66 bits per heavy atom. The van der Waals surface area contributed by atoms with Gasteiger partial charge in [0.25, 0.3) is 5.91 Å². The molecule has 0 aromatic heterocycles. The zero-order valence-electron chi connectivity index (χ0n) is 18.2. The van der Waals surface area contributed by atoms with Crippen LogP contribution < -0.4 is 5.32 Å². The number of nitrogens with zero attached hydrogens (tertiary/aromatic N) is 2. The van der Waals surface area contributed by atoms with Crippen LogP contribution in [0.1, 0.15) is 71.6 Å². The summed E-state index contributed by atoms with van der Waals surface area (Å²) < 4.78 is 11.1. The second-order valence-electron chi connectivity index (χ2n) is 9.72. The molecule has 3 heterocycles. The number of ether oxygens (including phenoxy) is 2. The molecule has 29 heavy (non-hydrogen) atoms. The average Bonchev–Trinajstić information content (AvgIpc) is 2.96. The van der Waals surface area contributed by atoms with Crippen molar-refractivity contribution in [2.45, 2.75) is 101 Å². The molecule has 2 unspecified atom stereocenters. The molecule has 2 amide bonds. The van der Waals surface area contributed by atoms with E-state index in [-0.39, 0.29) is 17.5 Å². The molecular weight excluding hydrogens is 370 g/mol. The Hall–Kier alpha value is -1.34. The summed E-state index contributed by atoms with van der Waals surface area (Å²) in [5.41, 5.74) is -0.738. The van der Waals surface area contributed by atoms with Crippen molar-refractivity contribution in [3.05, 3.63) is 0 Å². The Labute approximate surface area is 174 Å². The largest absolute Gasteiger partial charge is 0.450 e. The van der Waals surface area contributed by atoms with Gasteiger partial charge in [-0.25, -0.2) is 4.79 Å². The number of methoxy groups -OCH3 is 1. The fraction of sp³-hybridized carbons (Fsp3) is 0.909. The monoisotopic (exact) mass is 407 g/mol. The lowest BCUT2D eigenvalue weighted by atomic mass is 9.77. The van der Waals surface area contributed by atoms with Crippen LogP contribution in [0, 0.1) is 0 Å². The zero-order chi connectivity index (χ0) is 20.6. The second kappa shape index (κ2) is 8.06. The summed E-state index contributed by atoms with van der Waals surface area (Å²) >= 11 is 0. The third-order valence-corrected chi connectivity index (χ3v) is 7.99.